The van der Waals surface area contributed by atoms with Crippen LogP contribution in [0.5, 0.6) is 0 Å². The summed E-state index contributed by atoms with van der Waals surface area (Å²) in [6.07, 6.45) is 3.84. The fourth-order valence-electron chi connectivity index (χ4n) is 2.49. The summed E-state index contributed by atoms with van der Waals surface area (Å²) in [7, 11) is -3.40. The van der Waals surface area contributed by atoms with E-state index in [0.29, 0.717) is 12.1 Å². The van der Waals surface area contributed by atoms with E-state index in [2.05, 4.69) is 10.4 Å². The van der Waals surface area contributed by atoms with Crippen LogP contribution in [0, 0.1) is 0 Å². The van der Waals surface area contributed by atoms with Crippen molar-refractivity contribution in [2.75, 3.05) is 11.5 Å². The molecule has 0 aliphatic carbocycles. The van der Waals surface area contributed by atoms with Gasteiger partial charge >= 0.3 is 5.97 Å². The number of carboxylic acids is 1. The first-order valence-corrected chi connectivity index (χ1v) is 10.5. The summed E-state index contributed by atoms with van der Waals surface area (Å²) in [5.74, 6) is -2.14. The van der Waals surface area contributed by atoms with Gasteiger partial charge in [-0.2, -0.15) is 5.10 Å². The number of unbranched alkanes of at least 4 members (excludes halogenated alkanes) is 2. The second-order valence-electron chi connectivity index (χ2n) is 6.20. The van der Waals surface area contributed by atoms with Crippen molar-refractivity contribution < 1.29 is 23.1 Å². The van der Waals surface area contributed by atoms with E-state index in [1.54, 1.807) is 24.3 Å². The van der Waals surface area contributed by atoms with E-state index in [4.69, 9.17) is 5.11 Å². The number of carbonyl (C=O) groups excluding carboxylic acids is 1. The quantitative estimate of drug-likeness (QED) is 0.594. The number of benzene rings is 1. The lowest BCUT2D eigenvalue weighted by atomic mass is 10.2. The summed E-state index contributed by atoms with van der Waals surface area (Å²) in [6.45, 7) is 2.16. The molecule has 1 amide bonds. The van der Waals surface area contributed by atoms with Crippen LogP contribution in [0.4, 0.5) is 0 Å². The molecule has 2 rings (SSSR count). The number of hydrogen-bond acceptors (Lipinski definition) is 5. The van der Waals surface area contributed by atoms with Gasteiger partial charge in [-0.3, -0.25) is 4.79 Å². The van der Waals surface area contributed by atoms with Gasteiger partial charge in [0.1, 0.15) is 5.75 Å². The molecular formula is C18H23N3O5S. The average Bonchev–Trinajstić information content (AvgIpc) is 3.10. The molecule has 0 unspecified atom stereocenters. The summed E-state index contributed by atoms with van der Waals surface area (Å²) in [5.41, 5.74) is 1.32. The summed E-state index contributed by atoms with van der Waals surface area (Å²) in [4.78, 5) is 22.8. The van der Waals surface area contributed by atoms with Crippen LogP contribution < -0.4 is 5.32 Å². The number of nitrogens with one attached hydrogen (secondary N) is 1. The van der Waals surface area contributed by atoms with Crippen molar-refractivity contribution in [1.29, 1.82) is 0 Å². The van der Waals surface area contributed by atoms with Crippen molar-refractivity contribution in [1.82, 2.24) is 15.1 Å². The van der Waals surface area contributed by atoms with Crippen LogP contribution in [-0.2, 0) is 21.2 Å². The first kappa shape index (κ1) is 20.6. The Labute approximate surface area is 158 Å². The molecule has 1 heterocycles. The molecule has 2 aromatic rings. The maximum atomic E-state index is 11.9. The molecule has 0 spiro atoms. The topological polar surface area (TPSA) is 118 Å². The van der Waals surface area contributed by atoms with Gasteiger partial charge in [-0.1, -0.05) is 31.9 Å². The van der Waals surface area contributed by atoms with E-state index < -0.39 is 27.5 Å². The first-order chi connectivity index (χ1) is 12.8. The molecule has 27 heavy (non-hydrogen) atoms. The Morgan fingerprint density at radius 1 is 1.22 bits per heavy atom. The number of rotatable bonds is 10. The third kappa shape index (κ3) is 6.52. The monoisotopic (exact) mass is 393 g/mol. The summed E-state index contributed by atoms with van der Waals surface area (Å²) in [5, 5.41) is 15.5. The highest BCUT2D eigenvalue weighted by Gasteiger charge is 2.16. The van der Waals surface area contributed by atoms with Crippen LogP contribution in [0.15, 0.2) is 36.5 Å². The maximum absolute atomic E-state index is 11.9. The van der Waals surface area contributed by atoms with Crippen molar-refractivity contribution in [3.8, 4) is 5.69 Å². The van der Waals surface area contributed by atoms with Gasteiger partial charge in [0.25, 0.3) is 0 Å². The summed E-state index contributed by atoms with van der Waals surface area (Å²) >= 11 is 0. The Hall–Kier alpha value is -2.68. The molecule has 146 valence electrons. The second kappa shape index (κ2) is 9.31. The fraction of sp³-hybridized carbons (Fsp3) is 0.389. The smallest absolute Gasteiger partial charge is 0.356 e. The molecule has 0 saturated heterocycles. The van der Waals surface area contributed by atoms with E-state index in [9.17, 15) is 18.0 Å². The molecule has 1 aromatic heterocycles. The van der Waals surface area contributed by atoms with Gasteiger partial charge in [0.15, 0.2) is 15.5 Å². The molecule has 0 aliphatic rings. The zero-order valence-electron chi connectivity index (χ0n) is 15.1. The van der Waals surface area contributed by atoms with Crippen molar-refractivity contribution in [2.24, 2.45) is 0 Å². The molecule has 0 aliphatic heterocycles. The van der Waals surface area contributed by atoms with E-state index in [1.165, 1.54) is 16.9 Å². The highest BCUT2D eigenvalue weighted by molar-refractivity contribution is 7.92. The third-order valence-corrected chi connectivity index (χ3v) is 5.50. The molecule has 0 atom stereocenters. The van der Waals surface area contributed by atoms with Gasteiger partial charge < -0.3 is 10.4 Å². The lowest BCUT2D eigenvalue weighted by Gasteiger charge is -2.08. The molecule has 2 N–H and O–H groups in total. The molecular weight excluding hydrogens is 370 g/mol. The van der Waals surface area contributed by atoms with Crippen molar-refractivity contribution in [3.05, 3.63) is 47.8 Å². The van der Waals surface area contributed by atoms with Crippen molar-refractivity contribution in [3.63, 3.8) is 0 Å². The maximum Gasteiger partial charge on any atom is 0.356 e. The number of carboxylic acid groups (broad SMARTS) is 1. The van der Waals surface area contributed by atoms with Crippen LogP contribution in [0.3, 0.4) is 0 Å². The minimum atomic E-state index is -3.40. The predicted octanol–water partition coefficient (Wildman–Crippen LogP) is 1.79. The minimum absolute atomic E-state index is 0.0228. The van der Waals surface area contributed by atoms with Gasteiger partial charge in [-0.15, -0.1) is 0 Å². The lowest BCUT2D eigenvalue weighted by Crippen LogP contribution is -2.31. The summed E-state index contributed by atoms with van der Waals surface area (Å²) < 4.78 is 25.2. The van der Waals surface area contributed by atoms with Gasteiger partial charge in [-0.25, -0.2) is 17.9 Å². The number of carbonyl (C=O) groups is 2. The molecule has 0 radical (unpaired) electrons. The lowest BCUT2D eigenvalue weighted by molar-refractivity contribution is -0.118. The average molecular weight is 393 g/mol. The number of nitrogens with zero attached hydrogens (tertiary/aromatic N) is 2. The van der Waals surface area contributed by atoms with Crippen molar-refractivity contribution >= 4 is 21.7 Å². The van der Waals surface area contributed by atoms with E-state index in [1.807, 2.05) is 6.92 Å². The Morgan fingerprint density at radius 2 is 2.00 bits per heavy atom. The minimum Gasteiger partial charge on any atom is -0.476 e. The normalized spacial score (nSPS) is 11.3. The number of amides is 1. The van der Waals surface area contributed by atoms with E-state index >= 15 is 0 Å². The van der Waals surface area contributed by atoms with Crippen LogP contribution >= 0.6 is 0 Å². The van der Waals surface area contributed by atoms with E-state index in [0.717, 1.165) is 18.4 Å². The standard InChI is InChI=1S/C18H23N3O5S/c1-2-3-4-10-27(25,26)13-17(22)19-12-14-6-5-7-15(11-14)21-9-8-16(20-21)18(23)24/h5-9,11H,2-4,10,12-13H2,1H3,(H,19,22)(H,23,24). The highest BCUT2D eigenvalue weighted by Crippen LogP contribution is 2.11. The molecule has 0 saturated carbocycles. The second-order valence-corrected chi connectivity index (χ2v) is 8.38. The molecule has 1 aromatic carbocycles. The fourth-order valence-corrected chi connectivity index (χ4v) is 3.78. The van der Waals surface area contributed by atoms with E-state index in [-0.39, 0.29) is 18.0 Å². The van der Waals surface area contributed by atoms with Gasteiger partial charge in [0, 0.05) is 12.7 Å². The molecule has 0 fully saturated rings. The predicted molar refractivity (Wildman–Crippen MR) is 101 cm³/mol. The molecule has 0 bridgehead atoms. The SMILES string of the molecule is CCCCCS(=O)(=O)CC(=O)NCc1cccc(-n2ccc(C(=O)O)n2)c1. The highest BCUT2D eigenvalue weighted by atomic mass is 32.2. The number of sulfone groups is 1. The van der Waals surface area contributed by atoms with Gasteiger partial charge in [0.05, 0.1) is 11.4 Å². The van der Waals surface area contributed by atoms with Crippen LogP contribution in [0.1, 0.15) is 42.2 Å². The van der Waals surface area contributed by atoms with Gasteiger partial charge in [-0.05, 0) is 30.2 Å². The van der Waals surface area contributed by atoms with Crippen LogP contribution in [0.25, 0.3) is 5.69 Å². The number of aromatic carboxylic acids is 1. The van der Waals surface area contributed by atoms with Crippen LogP contribution in [-0.4, -0.2) is 46.7 Å². The van der Waals surface area contributed by atoms with Gasteiger partial charge in [0.2, 0.25) is 5.91 Å². The Balaban J connectivity index is 1.94. The van der Waals surface area contributed by atoms with Crippen LogP contribution in [0.2, 0.25) is 0 Å². The first-order valence-electron chi connectivity index (χ1n) is 8.66. The van der Waals surface area contributed by atoms with Crippen molar-refractivity contribution in [2.45, 2.75) is 32.7 Å². The Bertz CT molecular complexity index is 905. The largest absolute Gasteiger partial charge is 0.476 e. The number of hydrogen-bond donors (Lipinski definition) is 2. The summed E-state index contributed by atoms with van der Waals surface area (Å²) in [6, 6.07) is 8.42. The number of aromatic nitrogens is 2. The molecule has 8 nitrogen and oxygen atoms in total. The Morgan fingerprint density at radius 3 is 2.67 bits per heavy atom. The zero-order chi connectivity index (χ0) is 19.9. The zero-order valence-corrected chi connectivity index (χ0v) is 15.9. The molecule has 9 heteroatoms. The Kier molecular flexibility index (Phi) is 7.12. The third-order valence-electron chi connectivity index (χ3n) is 3.88.